The lowest BCUT2D eigenvalue weighted by atomic mass is 9.96. The zero-order valence-electron chi connectivity index (χ0n) is 14.3. The first-order chi connectivity index (χ1) is 11.5. The largest absolute Gasteiger partial charge is 0.497 e. The number of carbonyl (C=O) groups is 1. The van der Waals surface area contributed by atoms with Gasteiger partial charge in [0.15, 0.2) is 6.54 Å². The molecule has 2 aromatic carbocycles. The van der Waals surface area contributed by atoms with Crippen LogP contribution in [0.1, 0.15) is 25.5 Å². The molecule has 0 unspecified atom stereocenters. The van der Waals surface area contributed by atoms with Crippen molar-refractivity contribution in [2.24, 2.45) is 5.92 Å². The van der Waals surface area contributed by atoms with E-state index in [2.05, 4.69) is 19.2 Å². The lowest BCUT2D eigenvalue weighted by Crippen LogP contribution is -2.88. The van der Waals surface area contributed by atoms with Crippen LogP contribution in [0.4, 0.5) is 10.1 Å². The fraction of sp³-hybridized carbons (Fsp3) is 0.316. The Bertz CT molecular complexity index is 671. The Morgan fingerprint density at radius 3 is 2.54 bits per heavy atom. The summed E-state index contributed by atoms with van der Waals surface area (Å²) in [5.74, 6) is 0.677. The van der Waals surface area contributed by atoms with E-state index in [4.69, 9.17) is 4.74 Å². The number of hydrogen-bond acceptors (Lipinski definition) is 2. The van der Waals surface area contributed by atoms with Gasteiger partial charge in [0.2, 0.25) is 0 Å². The van der Waals surface area contributed by atoms with E-state index in [0.29, 0.717) is 17.4 Å². The van der Waals surface area contributed by atoms with Crippen molar-refractivity contribution in [3.63, 3.8) is 0 Å². The van der Waals surface area contributed by atoms with Gasteiger partial charge in [-0.25, -0.2) is 4.39 Å². The number of hydrogen-bond donors (Lipinski definition) is 2. The molecular formula is C19H24FN2O2+. The molecule has 3 N–H and O–H groups in total. The minimum atomic E-state index is -0.253. The number of rotatable bonds is 7. The molecule has 0 aliphatic heterocycles. The second-order valence-electron chi connectivity index (χ2n) is 6.04. The second-order valence-corrected chi connectivity index (χ2v) is 6.04. The summed E-state index contributed by atoms with van der Waals surface area (Å²) in [4.78, 5) is 12.2. The third kappa shape index (κ3) is 5.06. The SMILES string of the molecule is COc1cccc(NC(=O)C[NH2+][C@@H](c2ccc(F)cc2)C(C)C)c1. The Kier molecular flexibility index (Phi) is 6.32. The highest BCUT2D eigenvalue weighted by molar-refractivity contribution is 5.91. The molecule has 1 amide bonds. The first-order valence-corrected chi connectivity index (χ1v) is 8.02. The molecular weight excluding hydrogens is 307 g/mol. The number of halogens is 1. The van der Waals surface area contributed by atoms with Crippen molar-refractivity contribution in [3.05, 3.63) is 59.9 Å². The van der Waals surface area contributed by atoms with Gasteiger partial charge in [-0.1, -0.05) is 32.0 Å². The number of carbonyl (C=O) groups excluding carboxylic acids is 1. The fourth-order valence-electron chi connectivity index (χ4n) is 2.63. The van der Waals surface area contributed by atoms with Crippen LogP contribution in [0, 0.1) is 11.7 Å². The average Bonchev–Trinajstić information content (AvgIpc) is 2.56. The van der Waals surface area contributed by atoms with E-state index < -0.39 is 0 Å². The molecule has 2 aromatic rings. The van der Waals surface area contributed by atoms with E-state index in [9.17, 15) is 9.18 Å². The average molecular weight is 331 g/mol. The summed E-state index contributed by atoms with van der Waals surface area (Å²) >= 11 is 0. The summed E-state index contributed by atoms with van der Waals surface area (Å²) in [5, 5.41) is 4.84. The van der Waals surface area contributed by atoms with Gasteiger partial charge in [0.25, 0.3) is 5.91 Å². The van der Waals surface area contributed by atoms with Gasteiger partial charge in [0, 0.05) is 23.2 Å². The molecule has 0 saturated carbocycles. The number of amides is 1. The summed E-state index contributed by atoms with van der Waals surface area (Å²) in [6.07, 6.45) is 0. The molecule has 0 bridgehead atoms. The number of quaternary nitrogens is 1. The number of nitrogens with two attached hydrogens (primary N) is 1. The summed E-state index contributed by atoms with van der Waals surface area (Å²) < 4.78 is 18.2. The Labute approximate surface area is 142 Å². The molecule has 4 nitrogen and oxygen atoms in total. The topological polar surface area (TPSA) is 54.9 Å². The molecule has 5 heteroatoms. The Hall–Kier alpha value is -2.40. The van der Waals surface area contributed by atoms with Crippen LogP contribution in [0.25, 0.3) is 0 Å². The van der Waals surface area contributed by atoms with E-state index >= 15 is 0 Å². The molecule has 1 atom stereocenters. The van der Waals surface area contributed by atoms with Crippen molar-refractivity contribution in [2.45, 2.75) is 19.9 Å². The van der Waals surface area contributed by atoms with Gasteiger partial charge in [-0.05, 0) is 24.3 Å². The standard InChI is InChI=1S/C19H23FN2O2/c1-13(2)19(14-7-9-15(20)10-8-14)21-12-18(23)22-16-5-4-6-17(11-16)24-3/h4-11,13,19,21H,12H2,1-3H3,(H,22,23)/p+1/t19-/m1/s1. The molecule has 0 aliphatic rings. The van der Waals surface area contributed by atoms with Crippen LogP contribution in [0.2, 0.25) is 0 Å². The van der Waals surface area contributed by atoms with Gasteiger partial charge in [-0.3, -0.25) is 4.79 Å². The first-order valence-electron chi connectivity index (χ1n) is 8.02. The maximum atomic E-state index is 13.1. The Morgan fingerprint density at radius 2 is 1.92 bits per heavy atom. The summed E-state index contributed by atoms with van der Waals surface area (Å²) in [6, 6.07) is 13.8. The van der Waals surface area contributed by atoms with Crippen LogP contribution in [0.3, 0.4) is 0 Å². The van der Waals surface area contributed by atoms with E-state index in [1.54, 1.807) is 25.3 Å². The van der Waals surface area contributed by atoms with Crippen LogP contribution >= 0.6 is 0 Å². The lowest BCUT2D eigenvalue weighted by molar-refractivity contribution is -0.692. The van der Waals surface area contributed by atoms with E-state index in [1.165, 1.54) is 12.1 Å². The number of benzene rings is 2. The summed E-state index contributed by atoms with van der Waals surface area (Å²) in [7, 11) is 1.59. The van der Waals surface area contributed by atoms with Crippen LogP contribution in [-0.4, -0.2) is 19.6 Å². The monoisotopic (exact) mass is 331 g/mol. The molecule has 24 heavy (non-hydrogen) atoms. The molecule has 0 fully saturated rings. The van der Waals surface area contributed by atoms with Crippen molar-refractivity contribution < 1.29 is 19.2 Å². The summed E-state index contributed by atoms with van der Waals surface area (Å²) in [5.41, 5.74) is 1.72. The number of nitrogens with one attached hydrogen (secondary N) is 1. The van der Waals surface area contributed by atoms with Crippen molar-refractivity contribution in [3.8, 4) is 5.75 Å². The van der Waals surface area contributed by atoms with Crippen LogP contribution < -0.4 is 15.4 Å². The minimum absolute atomic E-state index is 0.0870. The molecule has 128 valence electrons. The molecule has 2 rings (SSSR count). The predicted octanol–water partition coefficient (Wildman–Crippen LogP) is 2.73. The van der Waals surface area contributed by atoms with E-state index in [0.717, 1.165) is 5.56 Å². The highest BCUT2D eigenvalue weighted by Gasteiger charge is 2.20. The van der Waals surface area contributed by atoms with Crippen LogP contribution in [0.15, 0.2) is 48.5 Å². The highest BCUT2D eigenvalue weighted by Crippen LogP contribution is 2.18. The van der Waals surface area contributed by atoms with Gasteiger partial charge in [-0.2, -0.15) is 0 Å². The maximum absolute atomic E-state index is 13.1. The van der Waals surface area contributed by atoms with Crippen molar-refractivity contribution in [1.29, 1.82) is 0 Å². The van der Waals surface area contributed by atoms with Crippen LogP contribution in [0.5, 0.6) is 5.75 Å². The normalized spacial score (nSPS) is 12.0. The zero-order chi connectivity index (χ0) is 17.5. The third-order valence-electron chi connectivity index (χ3n) is 3.88. The van der Waals surface area contributed by atoms with Crippen molar-refractivity contribution in [1.82, 2.24) is 0 Å². The molecule has 0 saturated heterocycles. The number of ether oxygens (including phenoxy) is 1. The third-order valence-corrected chi connectivity index (χ3v) is 3.88. The van der Waals surface area contributed by atoms with Crippen molar-refractivity contribution in [2.75, 3.05) is 19.0 Å². The van der Waals surface area contributed by atoms with E-state index in [-0.39, 0.29) is 24.3 Å². The number of anilines is 1. The molecule has 0 spiro atoms. The lowest BCUT2D eigenvalue weighted by Gasteiger charge is -2.19. The second kappa shape index (κ2) is 8.45. The van der Waals surface area contributed by atoms with Gasteiger partial charge in [-0.15, -0.1) is 0 Å². The Balaban J connectivity index is 1.96. The van der Waals surface area contributed by atoms with Crippen LogP contribution in [-0.2, 0) is 4.79 Å². The van der Waals surface area contributed by atoms with Gasteiger partial charge >= 0.3 is 0 Å². The number of methoxy groups -OCH3 is 1. The molecule has 0 aromatic heterocycles. The first kappa shape index (κ1) is 17.9. The highest BCUT2D eigenvalue weighted by atomic mass is 19.1. The smallest absolute Gasteiger partial charge is 0.279 e. The predicted molar refractivity (Wildman–Crippen MR) is 92.4 cm³/mol. The fourth-order valence-corrected chi connectivity index (χ4v) is 2.63. The maximum Gasteiger partial charge on any atom is 0.279 e. The molecule has 0 heterocycles. The summed E-state index contributed by atoms with van der Waals surface area (Å²) in [6.45, 7) is 4.46. The van der Waals surface area contributed by atoms with E-state index in [1.807, 2.05) is 23.5 Å². The minimum Gasteiger partial charge on any atom is -0.497 e. The Morgan fingerprint density at radius 1 is 1.21 bits per heavy atom. The van der Waals surface area contributed by atoms with Crippen molar-refractivity contribution >= 4 is 11.6 Å². The van der Waals surface area contributed by atoms with Gasteiger partial charge in [0.1, 0.15) is 17.6 Å². The van der Waals surface area contributed by atoms with Gasteiger partial charge in [0.05, 0.1) is 7.11 Å². The van der Waals surface area contributed by atoms with Gasteiger partial charge < -0.3 is 15.4 Å². The quantitative estimate of drug-likeness (QED) is 0.820. The molecule has 0 aliphatic carbocycles. The molecule has 0 radical (unpaired) electrons. The zero-order valence-corrected chi connectivity index (χ0v) is 14.3.